The van der Waals surface area contributed by atoms with Crippen LogP contribution in [0.1, 0.15) is 42.5 Å². The molecule has 0 saturated carbocycles. The molecule has 0 spiro atoms. The Hall–Kier alpha value is -0.860. The molecule has 1 atom stereocenters. The van der Waals surface area contributed by atoms with Crippen LogP contribution in [0.25, 0.3) is 0 Å². The third-order valence-electron chi connectivity index (χ3n) is 2.96. The molecule has 0 aliphatic heterocycles. The minimum atomic E-state index is 0.560. The molecule has 0 aliphatic rings. The Morgan fingerprint density at radius 1 is 1.29 bits per heavy atom. The van der Waals surface area contributed by atoms with Crippen molar-refractivity contribution in [3.63, 3.8) is 0 Å². The molecule has 0 amide bonds. The first-order valence-corrected chi connectivity index (χ1v) is 7.13. The Morgan fingerprint density at radius 2 is 2.00 bits per heavy atom. The number of aromatic nitrogens is 1. The fourth-order valence-electron chi connectivity index (χ4n) is 1.62. The van der Waals surface area contributed by atoms with Gasteiger partial charge in [0, 0.05) is 16.8 Å². The number of benzene rings is 1. The molecule has 1 unspecified atom stereocenters. The van der Waals surface area contributed by atoms with Gasteiger partial charge in [0.2, 0.25) is 0 Å². The van der Waals surface area contributed by atoms with Crippen LogP contribution in [0.5, 0.6) is 0 Å². The van der Waals surface area contributed by atoms with Crippen LogP contribution in [0.3, 0.4) is 0 Å². The summed E-state index contributed by atoms with van der Waals surface area (Å²) in [6, 6.07) is 7.99. The lowest BCUT2D eigenvalue weighted by Crippen LogP contribution is -1.93. The summed E-state index contributed by atoms with van der Waals surface area (Å²) in [7, 11) is 0. The second-order valence-electron chi connectivity index (χ2n) is 4.28. The number of halogens is 1. The minimum absolute atomic E-state index is 0.560. The maximum Gasteiger partial charge on any atom is 0.0972 e. The van der Waals surface area contributed by atoms with E-state index in [0.717, 1.165) is 17.9 Å². The smallest absolute Gasteiger partial charge is 0.0972 e. The van der Waals surface area contributed by atoms with E-state index in [2.05, 4.69) is 36.3 Å². The standard InChI is InChI=1S/C14H16ClNS/c1-3-10(2)13-9-17-14(16-13)8-11-4-6-12(15)7-5-11/h4-7,9-10H,3,8H2,1-2H3. The van der Waals surface area contributed by atoms with Crippen LogP contribution in [0.15, 0.2) is 29.6 Å². The Bertz CT molecular complexity index is 475. The van der Waals surface area contributed by atoms with E-state index in [-0.39, 0.29) is 0 Å². The van der Waals surface area contributed by atoms with Crippen LogP contribution in [0.4, 0.5) is 0 Å². The van der Waals surface area contributed by atoms with Gasteiger partial charge in [-0.05, 0) is 30.0 Å². The lowest BCUT2D eigenvalue weighted by molar-refractivity contribution is 0.710. The van der Waals surface area contributed by atoms with Gasteiger partial charge in [-0.25, -0.2) is 4.98 Å². The maximum absolute atomic E-state index is 5.87. The Kier molecular flexibility index (Phi) is 4.19. The van der Waals surface area contributed by atoms with Crippen molar-refractivity contribution in [3.05, 3.63) is 50.9 Å². The lowest BCUT2D eigenvalue weighted by atomic mass is 10.1. The van der Waals surface area contributed by atoms with Crippen LogP contribution in [0, 0.1) is 0 Å². The Balaban J connectivity index is 2.08. The van der Waals surface area contributed by atoms with Gasteiger partial charge in [0.15, 0.2) is 0 Å². The molecule has 0 bridgehead atoms. The number of nitrogens with zero attached hydrogens (tertiary/aromatic N) is 1. The van der Waals surface area contributed by atoms with Gasteiger partial charge in [-0.1, -0.05) is 37.6 Å². The van der Waals surface area contributed by atoms with E-state index in [1.807, 2.05) is 12.1 Å². The molecule has 0 aliphatic carbocycles. The number of hydrogen-bond acceptors (Lipinski definition) is 2. The molecule has 90 valence electrons. The van der Waals surface area contributed by atoms with Crippen LogP contribution in [-0.2, 0) is 6.42 Å². The molecule has 1 aromatic carbocycles. The topological polar surface area (TPSA) is 12.9 Å². The van der Waals surface area contributed by atoms with Crippen molar-refractivity contribution >= 4 is 22.9 Å². The number of rotatable bonds is 4. The second-order valence-corrected chi connectivity index (χ2v) is 5.66. The van der Waals surface area contributed by atoms with Gasteiger partial charge in [-0.15, -0.1) is 11.3 Å². The molecular formula is C14H16ClNS. The van der Waals surface area contributed by atoms with E-state index < -0.39 is 0 Å². The van der Waals surface area contributed by atoms with Crippen molar-refractivity contribution in [1.29, 1.82) is 0 Å². The van der Waals surface area contributed by atoms with Crippen molar-refractivity contribution in [2.24, 2.45) is 0 Å². The van der Waals surface area contributed by atoms with E-state index in [4.69, 9.17) is 11.6 Å². The summed E-state index contributed by atoms with van der Waals surface area (Å²) in [5.41, 5.74) is 2.49. The van der Waals surface area contributed by atoms with Gasteiger partial charge in [0.25, 0.3) is 0 Å². The van der Waals surface area contributed by atoms with Crippen molar-refractivity contribution in [2.75, 3.05) is 0 Å². The fourth-order valence-corrected chi connectivity index (χ4v) is 2.69. The SMILES string of the molecule is CCC(C)c1csc(Cc2ccc(Cl)cc2)n1. The summed E-state index contributed by atoms with van der Waals surface area (Å²) in [4.78, 5) is 4.68. The molecule has 1 nitrogen and oxygen atoms in total. The van der Waals surface area contributed by atoms with Crippen LogP contribution >= 0.6 is 22.9 Å². The summed E-state index contributed by atoms with van der Waals surface area (Å²) < 4.78 is 0. The summed E-state index contributed by atoms with van der Waals surface area (Å²) in [6.07, 6.45) is 2.04. The highest BCUT2D eigenvalue weighted by Gasteiger charge is 2.08. The summed E-state index contributed by atoms with van der Waals surface area (Å²) in [5, 5.41) is 4.15. The molecule has 17 heavy (non-hydrogen) atoms. The number of thiazole rings is 1. The maximum atomic E-state index is 5.87. The second kappa shape index (κ2) is 5.65. The van der Waals surface area contributed by atoms with Crippen molar-refractivity contribution in [2.45, 2.75) is 32.6 Å². The quantitative estimate of drug-likeness (QED) is 0.766. The molecule has 0 fully saturated rings. The van der Waals surface area contributed by atoms with Crippen LogP contribution < -0.4 is 0 Å². The average Bonchev–Trinajstić information content (AvgIpc) is 2.80. The van der Waals surface area contributed by atoms with Gasteiger partial charge < -0.3 is 0 Å². The number of hydrogen-bond donors (Lipinski definition) is 0. The summed E-state index contributed by atoms with van der Waals surface area (Å²) in [5.74, 6) is 0.560. The van der Waals surface area contributed by atoms with E-state index in [0.29, 0.717) is 5.92 Å². The largest absolute Gasteiger partial charge is 0.246 e. The van der Waals surface area contributed by atoms with Crippen molar-refractivity contribution in [3.8, 4) is 0 Å². The minimum Gasteiger partial charge on any atom is -0.246 e. The zero-order valence-electron chi connectivity index (χ0n) is 10.1. The highest BCUT2D eigenvalue weighted by atomic mass is 35.5. The highest BCUT2D eigenvalue weighted by molar-refractivity contribution is 7.09. The van der Waals surface area contributed by atoms with Gasteiger partial charge in [0.05, 0.1) is 10.7 Å². The molecule has 1 aromatic heterocycles. The monoisotopic (exact) mass is 265 g/mol. The molecule has 2 rings (SSSR count). The van der Waals surface area contributed by atoms with Crippen LogP contribution in [0.2, 0.25) is 5.02 Å². The Labute approximate surface area is 111 Å². The van der Waals surface area contributed by atoms with Gasteiger partial charge in [-0.2, -0.15) is 0 Å². The zero-order valence-corrected chi connectivity index (χ0v) is 11.7. The molecule has 1 heterocycles. The predicted molar refractivity (Wildman–Crippen MR) is 75.1 cm³/mol. The van der Waals surface area contributed by atoms with Gasteiger partial charge in [0.1, 0.15) is 0 Å². The lowest BCUT2D eigenvalue weighted by Gasteiger charge is -2.02. The van der Waals surface area contributed by atoms with E-state index >= 15 is 0 Å². The van der Waals surface area contributed by atoms with Gasteiger partial charge in [-0.3, -0.25) is 0 Å². The molecule has 0 N–H and O–H groups in total. The first-order chi connectivity index (χ1) is 8.19. The predicted octanol–water partition coefficient (Wildman–Crippen LogP) is 4.90. The normalized spacial score (nSPS) is 12.6. The molecule has 0 saturated heterocycles. The molecular weight excluding hydrogens is 250 g/mol. The molecule has 2 aromatic rings. The molecule has 3 heteroatoms. The fraction of sp³-hybridized carbons (Fsp3) is 0.357. The Morgan fingerprint density at radius 3 is 2.65 bits per heavy atom. The first kappa shape index (κ1) is 12.6. The third-order valence-corrected chi connectivity index (χ3v) is 4.07. The average molecular weight is 266 g/mol. The van der Waals surface area contributed by atoms with E-state index in [1.165, 1.54) is 16.3 Å². The van der Waals surface area contributed by atoms with Crippen LogP contribution in [-0.4, -0.2) is 4.98 Å². The van der Waals surface area contributed by atoms with E-state index in [9.17, 15) is 0 Å². The van der Waals surface area contributed by atoms with Crippen molar-refractivity contribution in [1.82, 2.24) is 4.98 Å². The summed E-state index contributed by atoms with van der Waals surface area (Å²) >= 11 is 7.61. The van der Waals surface area contributed by atoms with E-state index in [1.54, 1.807) is 11.3 Å². The van der Waals surface area contributed by atoms with Crippen molar-refractivity contribution < 1.29 is 0 Å². The molecule has 0 radical (unpaired) electrons. The first-order valence-electron chi connectivity index (χ1n) is 5.87. The zero-order chi connectivity index (χ0) is 12.3. The highest BCUT2D eigenvalue weighted by Crippen LogP contribution is 2.23. The summed E-state index contributed by atoms with van der Waals surface area (Å²) in [6.45, 7) is 4.42. The third kappa shape index (κ3) is 3.30. The van der Waals surface area contributed by atoms with Gasteiger partial charge >= 0.3 is 0 Å².